The first-order valence-electron chi connectivity index (χ1n) is 15.7. The number of aryl methyl sites for hydroxylation is 2. The lowest BCUT2D eigenvalue weighted by atomic mass is 9.82. The zero-order chi connectivity index (χ0) is 30.3. The Morgan fingerprint density at radius 1 is 0.977 bits per heavy atom. The zero-order valence-electron chi connectivity index (χ0n) is 25.2. The second kappa shape index (κ2) is 13.9. The fourth-order valence-corrected chi connectivity index (χ4v) is 6.57. The normalized spacial score (nSPS) is 18.4. The lowest BCUT2D eigenvalue weighted by Gasteiger charge is -2.37. The Bertz CT molecular complexity index is 1470. The van der Waals surface area contributed by atoms with Gasteiger partial charge in [-0.05, 0) is 59.9 Å². The van der Waals surface area contributed by atoms with E-state index in [1.807, 2.05) is 36.5 Å². The van der Waals surface area contributed by atoms with E-state index in [1.165, 1.54) is 16.0 Å². The Morgan fingerprint density at radius 3 is 2.51 bits per heavy atom. The predicted octanol–water partition coefficient (Wildman–Crippen LogP) is 3.54. The number of hydrogen-bond acceptors (Lipinski definition) is 4. The van der Waals surface area contributed by atoms with Gasteiger partial charge < -0.3 is 25.8 Å². The molecule has 1 aliphatic heterocycles. The molecule has 2 heterocycles. The number of amides is 4. The van der Waals surface area contributed by atoms with Gasteiger partial charge in [0, 0.05) is 30.1 Å². The summed E-state index contributed by atoms with van der Waals surface area (Å²) in [6, 6.07) is 12.6. The van der Waals surface area contributed by atoms with Gasteiger partial charge in [0.25, 0.3) is 0 Å². The zero-order valence-corrected chi connectivity index (χ0v) is 25.2. The highest BCUT2D eigenvalue weighted by Gasteiger charge is 2.39. The second-order valence-corrected chi connectivity index (χ2v) is 11.8. The standard InChI is InChI=1S/C34H43N5O4/c1-3-23-15-14-22(16-24(23)4-2)18-36-33(42)29(17-26-19-35-28-13-9-8-12-27(26)28)37-30(40)20-39-21-31(41)38-32(34(39)43)25-10-6-5-7-11-25/h8-9,12-16,19,25,29,32,35H,3-7,10-11,17-18,20-21H2,1-2H3,(H,36,42)(H,37,40)(H,38,41). The number of aromatic nitrogens is 1. The molecule has 0 bridgehead atoms. The van der Waals surface area contributed by atoms with Crippen molar-refractivity contribution in [3.63, 3.8) is 0 Å². The molecule has 5 rings (SSSR count). The van der Waals surface area contributed by atoms with Crippen molar-refractivity contribution in [3.05, 3.63) is 70.9 Å². The molecule has 4 amide bonds. The Kier molecular flexibility index (Phi) is 9.79. The summed E-state index contributed by atoms with van der Waals surface area (Å²) >= 11 is 0. The van der Waals surface area contributed by atoms with E-state index in [2.05, 4.69) is 46.9 Å². The quantitative estimate of drug-likeness (QED) is 0.275. The minimum Gasteiger partial charge on any atom is -0.361 e. The molecule has 9 heteroatoms. The Hall–Kier alpha value is -4.14. The first-order chi connectivity index (χ1) is 20.9. The topological polar surface area (TPSA) is 123 Å². The lowest BCUT2D eigenvalue weighted by molar-refractivity contribution is -0.148. The maximum absolute atomic E-state index is 13.6. The molecular weight excluding hydrogens is 542 g/mol. The molecule has 1 saturated carbocycles. The van der Waals surface area contributed by atoms with Gasteiger partial charge in [0.05, 0.1) is 0 Å². The molecule has 2 aromatic carbocycles. The molecule has 2 aliphatic rings. The van der Waals surface area contributed by atoms with Crippen LogP contribution in [0.15, 0.2) is 48.7 Å². The molecule has 228 valence electrons. The van der Waals surface area contributed by atoms with Gasteiger partial charge in [0.2, 0.25) is 23.6 Å². The van der Waals surface area contributed by atoms with Crippen LogP contribution in [0.5, 0.6) is 0 Å². The Labute approximate surface area is 253 Å². The van der Waals surface area contributed by atoms with Gasteiger partial charge in [-0.25, -0.2) is 0 Å². The smallest absolute Gasteiger partial charge is 0.246 e. The number of nitrogens with zero attached hydrogens (tertiary/aromatic N) is 1. The summed E-state index contributed by atoms with van der Waals surface area (Å²) in [6.45, 7) is 4.16. The number of rotatable bonds is 11. The highest BCUT2D eigenvalue weighted by Crippen LogP contribution is 2.28. The van der Waals surface area contributed by atoms with Gasteiger partial charge in [0.15, 0.2) is 0 Å². The summed E-state index contributed by atoms with van der Waals surface area (Å²) in [5.74, 6) is -1.15. The van der Waals surface area contributed by atoms with Crippen LogP contribution in [0.3, 0.4) is 0 Å². The van der Waals surface area contributed by atoms with Crippen molar-refractivity contribution in [1.29, 1.82) is 0 Å². The molecule has 2 atom stereocenters. The van der Waals surface area contributed by atoms with E-state index >= 15 is 0 Å². The van der Waals surface area contributed by atoms with Crippen LogP contribution in [0, 0.1) is 5.92 Å². The van der Waals surface area contributed by atoms with E-state index in [9.17, 15) is 19.2 Å². The molecule has 4 N–H and O–H groups in total. The molecule has 9 nitrogen and oxygen atoms in total. The number of nitrogens with one attached hydrogen (secondary N) is 4. The summed E-state index contributed by atoms with van der Waals surface area (Å²) in [4.78, 5) is 57.4. The van der Waals surface area contributed by atoms with Gasteiger partial charge in [-0.3, -0.25) is 19.2 Å². The van der Waals surface area contributed by atoms with Crippen LogP contribution in [-0.4, -0.2) is 58.7 Å². The third-order valence-electron chi connectivity index (χ3n) is 8.93. The van der Waals surface area contributed by atoms with Crippen LogP contribution >= 0.6 is 0 Å². The van der Waals surface area contributed by atoms with Gasteiger partial charge in [-0.15, -0.1) is 0 Å². The third kappa shape index (κ3) is 7.27. The average molecular weight is 586 g/mol. The van der Waals surface area contributed by atoms with Crippen LogP contribution in [0.2, 0.25) is 0 Å². The Balaban J connectivity index is 1.29. The van der Waals surface area contributed by atoms with E-state index in [-0.39, 0.29) is 43.1 Å². The van der Waals surface area contributed by atoms with Crippen molar-refractivity contribution in [3.8, 4) is 0 Å². The van der Waals surface area contributed by atoms with Gasteiger partial charge in [-0.1, -0.05) is 69.5 Å². The van der Waals surface area contributed by atoms with E-state index in [0.717, 1.165) is 67.0 Å². The average Bonchev–Trinajstić information content (AvgIpc) is 3.44. The monoisotopic (exact) mass is 585 g/mol. The number of fused-ring (bicyclic) bond motifs is 1. The van der Waals surface area contributed by atoms with Crippen LogP contribution in [0.25, 0.3) is 10.9 Å². The summed E-state index contributed by atoms with van der Waals surface area (Å²) in [5.41, 5.74) is 5.42. The van der Waals surface area contributed by atoms with Crippen molar-refractivity contribution in [1.82, 2.24) is 25.8 Å². The fourth-order valence-electron chi connectivity index (χ4n) is 6.57. The van der Waals surface area contributed by atoms with Crippen molar-refractivity contribution < 1.29 is 19.2 Å². The number of carbonyl (C=O) groups excluding carboxylic acids is 4. The maximum atomic E-state index is 13.6. The van der Waals surface area contributed by atoms with Gasteiger partial charge in [-0.2, -0.15) is 0 Å². The van der Waals surface area contributed by atoms with Crippen LogP contribution in [0.1, 0.15) is 68.2 Å². The van der Waals surface area contributed by atoms with Crippen LogP contribution < -0.4 is 16.0 Å². The second-order valence-electron chi connectivity index (χ2n) is 11.8. The summed E-state index contributed by atoms with van der Waals surface area (Å²) in [6.07, 6.45) is 9.01. The number of H-pyrrole nitrogens is 1. The van der Waals surface area contributed by atoms with Crippen molar-refractivity contribution in [2.75, 3.05) is 13.1 Å². The minimum atomic E-state index is -0.866. The highest BCUT2D eigenvalue weighted by atomic mass is 16.2. The molecule has 1 saturated heterocycles. The van der Waals surface area contributed by atoms with Crippen molar-refractivity contribution >= 4 is 34.5 Å². The summed E-state index contributed by atoms with van der Waals surface area (Å²) < 4.78 is 0. The third-order valence-corrected chi connectivity index (χ3v) is 8.93. The highest BCUT2D eigenvalue weighted by molar-refractivity contribution is 5.98. The molecular formula is C34H43N5O4. The number of benzene rings is 2. The van der Waals surface area contributed by atoms with Gasteiger partial charge >= 0.3 is 0 Å². The Morgan fingerprint density at radius 2 is 1.74 bits per heavy atom. The molecule has 1 aliphatic carbocycles. The SMILES string of the molecule is CCc1ccc(CNC(=O)C(Cc2c[nH]c3ccccc23)NC(=O)CN2CC(=O)NC(C3CCCCC3)C2=O)cc1CC. The minimum absolute atomic E-state index is 0.0936. The molecule has 2 unspecified atom stereocenters. The molecule has 43 heavy (non-hydrogen) atoms. The summed E-state index contributed by atoms with van der Waals surface area (Å²) in [7, 11) is 0. The van der Waals surface area contributed by atoms with Crippen LogP contribution in [0.4, 0.5) is 0 Å². The van der Waals surface area contributed by atoms with E-state index in [0.29, 0.717) is 6.54 Å². The first kappa shape index (κ1) is 30.3. The molecule has 1 aromatic heterocycles. The molecule has 3 aromatic rings. The summed E-state index contributed by atoms with van der Waals surface area (Å²) in [5, 5.41) is 9.74. The molecule has 2 fully saturated rings. The van der Waals surface area contributed by atoms with Crippen molar-refractivity contribution in [2.24, 2.45) is 5.92 Å². The van der Waals surface area contributed by atoms with E-state index in [4.69, 9.17) is 0 Å². The van der Waals surface area contributed by atoms with E-state index < -0.39 is 18.0 Å². The number of aromatic amines is 1. The maximum Gasteiger partial charge on any atom is 0.246 e. The fraction of sp³-hybridized carbons (Fsp3) is 0.471. The number of hydrogen-bond donors (Lipinski definition) is 4. The molecule has 0 radical (unpaired) electrons. The predicted molar refractivity (Wildman–Crippen MR) is 166 cm³/mol. The first-order valence-corrected chi connectivity index (χ1v) is 15.7. The van der Waals surface area contributed by atoms with E-state index in [1.54, 1.807) is 0 Å². The largest absolute Gasteiger partial charge is 0.361 e. The van der Waals surface area contributed by atoms with Crippen LogP contribution in [-0.2, 0) is 45.0 Å². The van der Waals surface area contributed by atoms with Crippen molar-refractivity contribution in [2.45, 2.75) is 83.8 Å². The molecule has 0 spiro atoms. The number of carbonyl (C=O) groups is 4. The lowest BCUT2D eigenvalue weighted by Crippen LogP contribution is -2.62. The number of piperazine rings is 1. The number of para-hydroxylation sites is 1. The van der Waals surface area contributed by atoms with Gasteiger partial charge in [0.1, 0.15) is 25.2 Å².